The Morgan fingerprint density at radius 3 is 3.06 bits per heavy atom. The molecule has 0 radical (unpaired) electrons. The van der Waals surface area contributed by atoms with Crippen LogP contribution in [0, 0.1) is 0 Å². The quantitative estimate of drug-likeness (QED) is 0.718. The Morgan fingerprint density at radius 1 is 1.50 bits per heavy atom. The Bertz CT molecular complexity index is 288. The first-order valence-corrected chi connectivity index (χ1v) is 6.32. The van der Waals surface area contributed by atoms with Gasteiger partial charge in [-0.2, -0.15) is 0 Å². The fourth-order valence-corrected chi connectivity index (χ4v) is 1.81. The average molecular weight is 242 g/mol. The van der Waals surface area contributed by atoms with Gasteiger partial charge in [0.25, 0.3) is 0 Å². The fraction of sp³-hybridized carbons (Fsp3) is 0.545. The van der Waals surface area contributed by atoms with E-state index in [1.807, 2.05) is 24.4 Å². The summed E-state index contributed by atoms with van der Waals surface area (Å²) in [5, 5.41) is 7.57. The van der Waals surface area contributed by atoms with Crippen LogP contribution < -0.4 is 10.6 Å². The number of carbonyl (C=O) groups excluding carboxylic acids is 1. The van der Waals surface area contributed by atoms with Gasteiger partial charge < -0.3 is 15.4 Å². The lowest BCUT2D eigenvalue weighted by molar-refractivity contribution is 0.145. The van der Waals surface area contributed by atoms with Crippen LogP contribution in [0.15, 0.2) is 17.5 Å². The summed E-state index contributed by atoms with van der Waals surface area (Å²) < 4.78 is 5.16. The first kappa shape index (κ1) is 13.0. The lowest BCUT2D eigenvalue weighted by Gasteiger charge is -2.06. The molecule has 4 nitrogen and oxygen atoms in total. The Hall–Kier alpha value is -1.07. The predicted octanol–water partition coefficient (Wildman–Crippen LogP) is 1.97. The molecule has 90 valence electrons. The second-order valence-corrected chi connectivity index (χ2v) is 4.27. The van der Waals surface area contributed by atoms with Crippen LogP contribution in [0.25, 0.3) is 0 Å². The number of ether oxygens (including phenoxy) is 1. The molecule has 0 spiro atoms. The van der Waals surface area contributed by atoms with Crippen LogP contribution in [0.3, 0.4) is 0 Å². The number of hydrogen-bond acceptors (Lipinski definition) is 3. The highest BCUT2D eigenvalue weighted by molar-refractivity contribution is 7.09. The van der Waals surface area contributed by atoms with Gasteiger partial charge in [0, 0.05) is 24.6 Å². The van der Waals surface area contributed by atoms with E-state index in [1.54, 1.807) is 11.3 Å². The second-order valence-electron chi connectivity index (χ2n) is 3.24. The van der Waals surface area contributed by atoms with Crippen LogP contribution >= 0.6 is 11.3 Å². The van der Waals surface area contributed by atoms with Crippen LogP contribution in [0.4, 0.5) is 4.79 Å². The molecule has 0 saturated carbocycles. The highest BCUT2D eigenvalue weighted by atomic mass is 32.1. The molecule has 1 aromatic rings. The minimum Gasteiger partial charge on any atom is -0.382 e. The molecule has 0 unspecified atom stereocenters. The highest BCUT2D eigenvalue weighted by Gasteiger charge is 1.99. The first-order chi connectivity index (χ1) is 7.83. The second kappa shape index (κ2) is 8.13. The van der Waals surface area contributed by atoms with Crippen molar-refractivity contribution in [2.24, 2.45) is 0 Å². The number of carbonyl (C=O) groups is 1. The average Bonchev–Trinajstić information content (AvgIpc) is 2.79. The van der Waals surface area contributed by atoms with E-state index in [0.717, 1.165) is 17.9 Å². The molecule has 5 heteroatoms. The molecule has 0 saturated heterocycles. The normalized spacial score (nSPS) is 10.1. The lowest BCUT2D eigenvalue weighted by Crippen LogP contribution is -2.35. The Labute approximate surface area is 100 Å². The number of hydrogen-bond donors (Lipinski definition) is 2. The van der Waals surface area contributed by atoms with Gasteiger partial charge in [-0.3, -0.25) is 0 Å². The molecule has 0 aliphatic rings. The Morgan fingerprint density at radius 2 is 2.38 bits per heavy atom. The standard InChI is InChI=1S/C11H18N2O2S/c1-2-15-7-4-6-12-11(14)13-9-10-5-3-8-16-10/h3,5,8H,2,4,6-7,9H2,1H3,(H2,12,13,14). The van der Waals surface area contributed by atoms with E-state index >= 15 is 0 Å². The number of amides is 2. The fourth-order valence-electron chi connectivity index (χ4n) is 1.16. The van der Waals surface area contributed by atoms with Crippen molar-refractivity contribution >= 4 is 17.4 Å². The summed E-state index contributed by atoms with van der Waals surface area (Å²) in [6, 6.07) is 3.85. The number of nitrogens with one attached hydrogen (secondary N) is 2. The number of urea groups is 1. The molecular weight excluding hydrogens is 224 g/mol. The maximum atomic E-state index is 11.3. The molecule has 1 rings (SSSR count). The van der Waals surface area contributed by atoms with E-state index in [1.165, 1.54) is 0 Å². The minimum atomic E-state index is -0.120. The van der Waals surface area contributed by atoms with Crippen LogP contribution in [0.1, 0.15) is 18.2 Å². The van der Waals surface area contributed by atoms with E-state index in [0.29, 0.717) is 19.7 Å². The van der Waals surface area contributed by atoms with Gasteiger partial charge in [0.15, 0.2) is 0 Å². The summed E-state index contributed by atoms with van der Waals surface area (Å²) >= 11 is 1.64. The molecule has 0 aliphatic heterocycles. The summed E-state index contributed by atoms with van der Waals surface area (Å²) in [5.74, 6) is 0. The molecule has 1 aromatic heterocycles. The van der Waals surface area contributed by atoms with Crippen molar-refractivity contribution in [3.63, 3.8) is 0 Å². The Balaban J connectivity index is 1.99. The van der Waals surface area contributed by atoms with E-state index < -0.39 is 0 Å². The zero-order valence-corrected chi connectivity index (χ0v) is 10.3. The van der Waals surface area contributed by atoms with Crippen molar-refractivity contribution in [1.82, 2.24) is 10.6 Å². The van der Waals surface area contributed by atoms with Gasteiger partial charge in [0.2, 0.25) is 0 Å². The summed E-state index contributed by atoms with van der Waals surface area (Å²) in [5.41, 5.74) is 0. The van der Waals surface area contributed by atoms with Crippen molar-refractivity contribution in [3.8, 4) is 0 Å². The van der Waals surface area contributed by atoms with Gasteiger partial charge >= 0.3 is 6.03 Å². The van der Waals surface area contributed by atoms with Crippen LogP contribution in [0.2, 0.25) is 0 Å². The highest BCUT2D eigenvalue weighted by Crippen LogP contribution is 2.06. The summed E-state index contributed by atoms with van der Waals surface area (Å²) in [7, 11) is 0. The molecule has 0 aromatic carbocycles. The molecule has 0 aliphatic carbocycles. The third-order valence-corrected chi connectivity index (χ3v) is 2.83. The lowest BCUT2D eigenvalue weighted by atomic mass is 10.4. The van der Waals surface area contributed by atoms with E-state index in [-0.39, 0.29) is 6.03 Å². The molecule has 16 heavy (non-hydrogen) atoms. The Kier molecular flexibility index (Phi) is 6.60. The van der Waals surface area contributed by atoms with Crippen LogP contribution in [-0.4, -0.2) is 25.8 Å². The summed E-state index contributed by atoms with van der Waals surface area (Å²) in [6.07, 6.45) is 0.847. The molecule has 0 bridgehead atoms. The smallest absolute Gasteiger partial charge is 0.315 e. The molecular formula is C11H18N2O2S. The largest absolute Gasteiger partial charge is 0.382 e. The van der Waals surface area contributed by atoms with E-state index in [4.69, 9.17) is 4.74 Å². The number of thiophene rings is 1. The molecule has 2 amide bonds. The van der Waals surface area contributed by atoms with Gasteiger partial charge in [0.05, 0.1) is 6.54 Å². The monoisotopic (exact) mass is 242 g/mol. The van der Waals surface area contributed by atoms with Crippen molar-refractivity contribution in [3.05, 3.63) is 22.4 Å². The van der Waals surface area contributed by atoms with Crippen molar-refractivity contribution in [1.29, 1.82) is 0 Å². The predicted molar refractivity (Wildman–Crippen MR) is 65.7 cm³/mol. The van der Waals surface area contributed by atoms with Crippen LogP contribution in [-0.2, 0) is 11.3 Å². The number of rotatable bonds is 7. The third-order valence-electron chi connectivity index (χ3n) is 1.96. The van der Waals surface area contributed by atoms with Crippen LogP contribution in [0.5, 0.6) is 0 Å². The van der Waals surface area contributed by atoms with Gasteiger partial charge in [-0.1, -0.05) is 6.07 Å². The zero-order valence-electron chi connectivity index (χ0n) is 9.49. The van der Waals surface area contributed by atoms with Gasteiger partial charge in [-0.15, -0.1) is 11.3 Å². The maximum absolute atomic E-state index is 11.3. The van der Waals surface area contributed by atoms with Crippen molar-refractivity contribution in [2.45, 2.75) is 19.9 Å². The molecule has 0 fully saturated rings. The SMILES string of the molecule is CCOCCCNC(=O)NCc1cccs1. The van der Waals surface area contributed by atoms with Gasteiger partial charge in [-0.05, 0) is 24.8 Å². The molecule has 0 atom stereocenters. The third kappa shape index (κ3) is 5.72. The van der Waals surface area contributed by atoms with Gasteiger partial charge in [0.1, 0.15) is 0 Å². The maximum Gasteiger partial charge on any atom is 0.315 e. The van der Waals surface area contributed by atoms with E-state index in [2.05, 4.69) is 10.6 Å². The zero-order chi connectivity index (χ0) is 11.6. The first-order valence-electron chi connectivity index (χ1n) is 5.44. The molecule has 1 heterocycles. The van der Waals surface area contributed by atoms with Crippen molar-refractivity contribution in [2.75, 3.05) is 19.8 Å². The van der Waals surface area contributed by atoms with E-state index in [9.17, 15) is 4.79 Å². The van der Waals surface area contributed by atoms with Gasteiger partial charge in [-0.25, -0.2) is 4.79 Å². The van der Waals surface area contributed by atoms with Crippen molar-refractivity contribution < 1.29 is 9.53 Å². The minimum absolute atomic E-state index is 0.120. The molecule has 2 N–H and O–H groups in total. The summed E-state index contributed by atoms with van der Waals surface area (Å²) in [4.78, 5) is 12.5. The topological polar surface area (TPSA) is 50.4 Å². The summed E-state index contributed by atoms with van der Waals surface area (Å²) in [6.45, 7) is 4.62.